The Kier molecular flexibility index (Phi) is 5.17. The van der Waals surface area contributed by atoms with Gasteiger partial charge in [-0.05, 0) is 13.0 Å². The number of nitrogens with zero attached hydrogens (tertiary/aromatic N) is 2. The summed E-state index contributed by atoms with van der Waals surface area (Å²) in [7, 11) is -3.17. The predicted octanol–water partition coefficient (Wildman–Crippen LogP) is -0.309. The van der Waals surface area contributed by atoms with Crippen molar-refractivity contribution in [1.82, 2.24) is 9.21 Å². The van der Waals surface area contributed by atoms with Crippen LogP contribution in [-0.2, 0) is 10.0 Å². The summed E-state index contributed by atoms with van der Waals surface area (Å²) >= 11 is 0. The maximum Gasteiger partial charge on any atom is 0.218 e. The zero-order valence-electron chi connectivity index (χ0n) is 10.2. The largest absolute Gasteiger partial charge is 0.329 e. The molecule has 5 nitrogen and oxygen atoms in total. The van der Waals surface area contributed by atoms with Crippen LogP contribution in [0.25, 0.3) is 0 Å². The van der Waals surface area contributed by atoms with Crippen molar-refractivity contribution in [1.29, 1.82) is 0 Å². The van der Waals surface area contributed by atoms with E-state index >= 15 is 0 Å². The van der Waals surface area contributed by atoms with Gasteiger partial charge in [-0.3, -0.25) is 0 Å². The maximum atomic E-state index is 12.2. The van der Waals surface area contributed by atoms with E-state index in [0.29, 0.717) is 19.5 Å². The minimum Gasteiger partial charge on any atom is -0.329 e. The first-order chi connectivity index (χ1) is 7.56. The van der Waals surface area contributed by atoms with Crippen molar-refractivity contribution in [3.63, 3.8) is 0 Å². The molecule has 0 amide bonds. The van der Waals surface area contributed by atoms with E-state index in [1.165, 1.54) is 0 Å². The second-order valence-corrected chi connectivity index (χ2v) is 6.36. The second-order valence-electron chi connectivity index (χ2n) is 4.14. The van der Waals surface area contributed by atoms with Gasteiger partial charge >= 0.3 is 0 Å². The third-order valence-electron chi connectivity index (χ3n) is 3.28. The molecule has 2 N–H and O–H groups in total. The highest BCUT2D eigenvalue weighted by Crippen LogP contribution is 2.14. The first kappa shape index (κ1) is 13.9. The van der Waals surface area contributed by atoms with E-state index in [4.69, 9.17) is 5.73 Å². The van der Waals surface area contributed by atoms with E-state index in [9.17, 15) is 8.42 Å². The van der Waals surface area contributed by atoms with Crippen LogP contribution in [0.1, 0.15) is 20.3 Å². The predicted molar refractivity (Wildman–Crippen MR) is 65.7 cm³/mol. The van der Waals surface area contributed by atoms with Crippen LogP contribution in [-0.4, -0.2) is 62.1 Å². The van der Waals surface area contributed by atoms with Gasteiger partial charge in [0.05, 0.1) is 5.25 Å². The number of nitrogens with two attached hydrogens (primary N) is 1. The molecule has 96 valence electrons. The number of piperazine rings is 1. The van der Waals surface area contributed by atoms with Crippen molar-refractivity contribution < 1.29 is 8.42 Å². The molecular formula is C10H23N3O2S. The highest BCUT2D eigenvalue weighted by Gasteiger charge is 2.31. The Labute approximate surface area is 98.6 Å². The molecule has 1 saturated heterocycles. The smallest absolute Gasteiger partial charge is 0.218 e. The Morgan fingerprint density at radius 3 is 2.12 bits per heavy atom. The molecule has 16 heavy (non-hydrogen) atoms. The summed E-state index contributed by atoms with van der Waals surface area (Å²) in [5.74, 6) is 0. The van der Waals surface area contributed by atoms with Crippen LogP contribution in [0.3, 0.4) is 0 Å². The summed E-state index contributed by atoms with van der Waals surface area (Å²) in [5.41, 5.74) is 5.51. The molecule has 1 rings (SSSR count). The lowest BCUT2D eigenvalue weighted by atomic mass is 10.3. The van der Waals surface area contributed by atoms with Gasteiger partial charge in [0.1, 0.15) is 0 Å². The van der Waals surface area contributed by atoms with E-state index in [1.54, 1.807) is 4.31 Å². The van der Waals surface area contributed by atoms with Crippen molar-refractivity contribution in [2.75, 3.05) is 39.3 Å². The first-order valence-electron chi connectivity index (χ1n) is 5.97. The van der Waals surface area contributed by atoms with Crippen LogP contribution in [0.5, 0.6) is 0 Å². The molecule has 1 aliphatic rings. The van der Waals surface area contributed by atoms with Gasteiger partial charge in [0, 0.05) is 32.7 Å². The van der Waals surface area contributed by atoms with Crippen LogP contribution in [0.15, 0.2) is 0 Å². The molecule has 0 bridgehead atoms. The van der Waals surface area contributed by atoms with Gasteiger partial charge in [0.2, 0.25) is 10.0 Å². The minimum absolute atomic E-state index is 0.215. The Balaban J connectivity index is 2.64. The molecule has 0 radical (unpaired) electrons. The fourth-order valence-corrected chi connectivity index (χ4v) is 3.77. The van der Waals surface area contributed by atoms with E-state index in [1.807, 2.05) is 6.92 Å². The summed E-state index contributed by atoms with van der Waals surface area (Å²) in [4.78, 5) is 2.26. The molecule has 6 heteroatoms. The van der Waals surface area contributed by atoms with Crippen molar-refractivity contribution in [3.05, 3.63) is 0 Å². The standard InChI is InChI=1S/C10H23N3O2S/c1-3-10(9-11)16(14,15)13-7-5-12(4-2)6-8-13/h10H,3-9,11H2,1-2H3. The third-order valence-corrected chi connectivity index (χ3v) is 5.73. The van der Waals surface area contributed by atoms with E-state index in [2.05, 4.69) is 11.8 Å². The molecule has 0 aromatic rings. The van der Waals surface area contributed by atoms with Crippen LogP contribution >= 0.6 is 0 Å². The molecule has 1 unspecified atom stereocenters. The number of likely N-dealkylation sites (N-methyl/N-ethyl adjacent to an activating group) is 1. The molecule has 1 heterocycles. The summed E-state index contributed by atoms with van der Waals surface area (Å²) in [6, 6.07) is 0. The fraction of sp³-hybridized carbons (Fsp3) is 1.00. The maximum absolute atomic E-state index is 12.2. The lowest BCUT2D eigenvalue weighted by Crippen LogP contribution is -2.51. The number of rotatable bonds is 5. The van der Waals surface area contributed by atoms with E-state index in [0.717, 1.165) is 19.6 Å². The zero-order valence-corrected chi connectivity index (χ0v) is 11.0. The summed E-state index contributed by atoms with van der Waals surface area (Å²) in [6.07, 6.45) is 0.590. The zero-order chi connectivity index (χ0) is 12.2. The molecule has 0 saturated carbocycles. The average molecular weight is 249 g/mol. The van der Waals surface area contributed by atoms with Gasteiger partial charge in [-0.15, -0.1) is 0 Å². The van der Waals surface area contributed by atoms with Gasteiger partial charge < -0.3 is 10.6 Å². The summed E-state index contributed by atoms with van der Waals surface area (Å²) in [5, 5.41) is -0.416. The van der Waals surface area contributed by atoms with E-state index in [-0.39, 0.29) is 6.54 Å². The highest BCUT2D eigenvalue weighted by molar-refractivity contribution is 7.89. The van der Waals surface area contributed by atoms with Gasteiger partial charge in [-0.1, -0.05) is 13.8 Å². The highest BCUT2D eigenvalue weighted by atomic mass is 32.2. The van der Waals surface area contributed by atoms with Crippen LogP contribution in [0, 0.1) is 0 Å². The topological polar surface area (TPSA) is 66.6 Å². The fourth-order valence-electron chi connectivity index (χ4n) is 2.01. The van der Waals surface area contributed by atoms with Gasteiger partial charge in [0.25, 0.3) is 0 Å². The van der Waals surface area contributed by atoms with Crippen molar-refractivity contribution in [3.8, 4) is 0 Å². The molecule has 0 spiro atoms. The van der Waals surface area contributed by atoms with Crippen molar-refractivity contribution >= 4 is 10.0 Å². The van der Waals surface area contributed by atoms with Crippen molar-refractivity contribution in [2.24, 2.45) is 5.73 Å². The van der Waals surface area contributed by atoms with Crippen LogP contribution in [0.4, 0.5) is 0 Å². The lowest BCUT2D eigenvalue weighted by molar-refractivity contribution is 0.195. The number of hydrogen-bond donors (Lipinski definition) is 1. The van der Waals surface area contributed by atoms with Gasteiger partial charge in [-0.2, -0.15) is 4.31 Å². The Bertz CT molecular complexity index is 293. The number of sulfonamides is 1. The van der Waals surface area contributed by atoms with Gasteiger partial charge in [-0.25, -0.2) is 8.42 Å². The van der Waals surface area contributed by atoms with Crippen LogP contribution in [0.2, 0.25) is 0 Å². The Morgan fingerprint density at radius 1 is 1.19 bits per heavy atom. The molecule has 1 aliphatic heterocycles. The summed E-state index contributed by atoms with van der Waals surface area (Å²) < 4.78 is 25.9. The molecular weight excluding hydrogens is 226 g/mol. The monoisotopic (exact) mass is 249 g/mol. The number of hydrogen-bond acceptors (Lipinski definition) is 4. The van der Waals surface area contributed by atoms with Gasteiger partial charge in [0.15, 0.2) is 0 Å². The molecule has 0 aromatic heterocycles. The third kappa shape index (κ3) is 2.94. The Morgan fingerprint density at radius 2 is 1.75 bits per heavy atom. The van der Waals surface area contributed by atoms with Crippen molar-refractivity contribution in [2.45, 2.75) is 25.5 Å². The first-order valence-corrected chi connectivity index (χ1v) is 7.47. The Hall–Kier alpha value is -0.170. The average Bonchev–Trinajstić information content (AvgIpc) is 2.30. The molecule has 0 aromatic carbocycles. The summed E-state index contributed by atoms with van der Waals surface area (Å²) in [6.45, 7) is 8.04. The SMILES string of the molecule is CCC(CN)S(=O)(=O)N1CCN(CC)CC1. The molecule has 1 atom stereocenters. The van der Waals surface area contributed by atoms with Crippen LogP contribution < -0.4 is 5.73 Å². The van der Waals surface area contributed by atoms with E-state index < -0.39 is 15.3 Å². The quantitative estimate of drug-likeness (QED) is 0.726. The minimum atomic E-state index is -3.17. The lowest BCUT2D eigenvalue weighted by Gasteiger charge is -2.35. The second kappa shape index (κ2) is 5.95. The molecule has 1 fully saturated rings. The normalized spacial score (nSPS) is 22.2. The molecule has 0 aliphatic carbocycles.